The average Bonchev–Trinajstić information content (AvgIpc) is 2.33. The number of pyridine rings is 2. The van der Waals surface area contributed by atoms with Gasteiger partial charge in [-0.15, -0.1) is 0 Å². The first-order valence-electron chi connectivity index (χ1n) is 5.04. The van der Waals surface area contributed by atoms with E-state index in [1.54, 1.807) is 18.6 Å². The predicted molar refractivity (Wildman–Crippen MR) is 64.0 cm³/mol. The molecule has 0 radical (unpaired) electrons. The molecule has 0 aliphatic rings. The summed E-state index contributed by atoms with van der Waals surface area (Å²) in [7, 11) is 0. The molecule has 0 saturated heterocycles. The smallest absolute Gasteiger partial charge is 0.0634 e. The third-order valence-corrected chi connectivity index (χ3v) is 2.56. The zero-order valence-electron chi connectivity index (χ0n) is 8.73. The molecule has 4 heteroatoms. The molecule has 0 aliphatic carbocycles. The lowest BCUT2D eigenvalue weighted by Gasteiger charge is -2.05. The Morgan fingerprint density at radius 2 is 1.94 bits per heavy atom. The minimum Gasteiger partial charge on any atom is -0.309 e. The monoisotopic (exact) mass is 233 g/mol. The van der Waals surface area contributed by atoms with E-state index in [1.165, 1.54) is 0 Å². The second-order valence-electron chi connectivity index (χ2n) is 3.43. The van der Waals surface area contributed by atoms with Gasteiger partial charge in [-0.3, -0.25) is 9.97 Å². The fourth-order valence-corrected chi connectivity index (χ4v) is 1.58. The Hall–Kier alpha value is -1.45. The van der Waals surface area contributed by atoms with Crippen LogP contribution in [0.2, 0.25) is 5.02 Å². The lowest BCUT2D eigenvalue weighted by atomic mass is 10.2. The van der Waals surface area contributed by atoms with Crippen LogP contribution in [0.1, 0.15) is 11.1 Å². The van der Waals surface area contributed by atoms with Crippen molar-refractivity contribution in [3.8, 4) is 0 Å². The molecule has 0 spiro atoms. The van der Waals surface area contributed by atoms with Gasteiger partial charge >= 0.3 is 0 Å². The quantitative estimate of drug-likeness (QED) is 0.882. The van der Waals surface area contributed by atoms with Crippen LogP contribution in [0.4, 0.5) is 0 Å². The van der Waals surface area contributed by atoms with E-state index in [2.05, 4.69) is 15.3 Å². The van der Waals surface area contributed by atoms with Gasteiger partial charge in [-0.05, 0) is 23.3 Å². The second kappa shape index (κ2) is 5.58. The minimum atomic E-state index is 0.696. The topological polar surface area (TPSA) is 37.8 Å². The van der Waals surface area contributed by atoms with Crippen molar-refractivity contribution in [2.24, 2.45) is 0 Å². The largest absolute Gasteiger partial charge is 0.309 e. The molecule has 3 nitrogen and oxygen atoms in total. The fourth-order valence-electron chi connectivity index (χ4n) is 1.39. The van der Waals surface area contributed by atoms with E-state index >= 15 is 0 Å². The highest BCUT2D eigenvalue weighted by Gasteiger charge is 1.98. The van der Waals surface area contributed by atoms with Gasteiger partial charge in [-0.1, -0.05) is 17.7 Å². The molecule has 0 saturated carbocycles. The second-order valence-corrected chi connectivity index (χ2v) is 3.84. The Balaban J connectivity index is 1.87. The van der Waals surface area contributed by atoms with Gasteiger partial charge in [-0.2, -0.15) is 0 Å². The first-order valence-corrected chi connectivity index (χ1v) is 5.42. The van der Waals surface area contributed by atoms with Crippen LogP contribution in [-0.4, -0.2) is 9.97 Å². The molecule has 0 aromatic carbocycles. The molecule has 0 unspecified atom stereocenters. The van der Waals surface area contributed by atoms with E-state index < -0.39 is 0 Å². The summed E-state index contributed by atoms with van der Waals surface area (Å²) in [6.45, 7) is 1.52. The van der Waals surface area contributed by atoms with Crippen molar-refractivity contribution in [2.75, 3.05) is 0 Å². The number of nitrogens with zero attached hydrogens (tertiary/aromatic N) is 2. The van der Waals surface area contributed by atoms with Crippen LogP contribution in [0, 0.1) is 0 Å². The molecule has 0 bridgehead atoms. The third kappa shape index (κ3) is 3.02. The molecule has 2 heterocycles. The molecule has 16 heavy (non-hydrogen) atoms. The molecule has 1 N–H and O–H groups in total. The van der Waals surface area contributed by atoms with Crippen LogP contribution < -0.4 is 5.32 Å². The molecule has 0 atom stereocenters. The van der Waals surface area contributed by atoms with Crippen LogP contribution in [0.3, 0.4) is 0 Å². The summed E-state index contributed by atoms with van der Waals surface area (Å²) in [5.74, 6) is 0. The zero-order valence-corrected chi connectivity index (χ0v) is 9.48. The summed E-state index contributed by atoms with van der Waals surface area (Å²) in [5.41, 5.74) is 2.22. The van der Waals surface area contributed by atoms with Crippen molar-refractivity contribution in [3.63, 3.8) is 0 Å². The Morgan fingerprint density at radius 3 is 2.69 bits per heavy atom. The molecule has 2 rings (SSSR count). The van der Waals surface area contributed by atoms with Crippen molar-refractivity contribution in [3.05, 3.63) is 59.1 Å². The van der Waals surface area contributed by atoms with Crippen LogP contribution in [0.15, 0.2) is 43.0 Å². The number of hydrogen-bond acceptors (Lipinski definition) is 3. The van der Waals surface area contributed by atoms with Crippen LogP contribution in [0.25, 0.3) is 0 Å². The summed E-state index contributed by atoms with van der Waals surface area (Å²) in [5, 5.41) is 4.00. The van der Waals surface area contributed by atoms with Gasteiger partial charge < -0.3 is 5.32 Å². The Kier molecular flexibility index (Phi) is 3.86. The standard InChI is InChI=1S/C12H12ClN3/c13-12-9-15-5-3-11(12)8-16-7-10-2-1-4-14-6-10/h1-6,9,16H,7-8H2. The van der Waals surface area contributed by atoms with Crippen molar-refractivity contribution in [2.45, 2.75) is 13.1 Å². The molecule has 0 amide bonds. The maximum atomic E-state index is 5.99. The fraction of sp³-hybridized carbons (Fsp3) is 0.167. The van der Waals surface area contributed by atoms with Crippen LogP contribution in [0.5, 0.6) is 0 Å². The number of halogens is 1. The van der Waals surface area contributed by atoms with Gasteiger partial charge in [0, 0.05) is 37.9 Å². The van der Waals surface area contributed by atoms with Gasteiger partial charge in [0.25, 0.3) is 0 Å². The normalized spacial score (nSPS) is 10.3. The maximum absolute atomic E-state index is 5.99. The Morgan fingerprint density at radius 1 is 1.06 bits per heavy atom. The van der Waals surface area contributed by atoms with Crippen molar-refractivity contribution >= 4 is 11.6 Å². The average molecular weight is 234 g/mol. The maximum Gasteiger partial charge on any atom is 0.0634 e. The Bertz CT molecular complexity index is 445. The molecule has 82 valence electrons. The third-order valence-electron chi connectivity index (χ3n) is 2.22. The highest BCUT2D eigenvalue weighted by Crippen LogP contribution is 2.12. The summed E-state index contributed by atoms with van der Waals surface area (Å²) in [4.78, 5) is 7.99. The van der Waals surface area contributed by atoms with Gasteiger partial charge in [0.15, 0.2) is 0 Å². The molecular weight excluding hydrogens is 222 g/mol. The highest BCUT2D eigenvalue weighted by atomic mass is 35.5. The van der Waals surface area contributed by atoms with Gasteiger partial charge in [0.1, 0.15) is 0 Å². The van der Waals surface area contributed by atoms with E-state index in [0.717, 1.165) is 24.2 Å². The lowest BCUT2D eigenvalue weighted by Crippen LogP contribution is -2.13. The first-order chi connectivity index (χ1) is 7.86. The number of hydrogen-bond donors (Lipinski definition) is 1. The molecular formula is C12H12ClN3. The summed E-state index contributed by atoms with van der Waals surface area (Å²) in [6.07, 6.45) is 7.01. The lowest BCUT2D eigenvalue weighted by molar-refractivity contribution is 0.691. The van der Waals surface area contributed by atoms with Crippen LogP contribution >= 0.6 is 11.6 Å². The van der Waals surface area contributed by atoms with E-state index in [9.17, 15) is 0 Å². The van der Waals surface area contributed by atoms with Crippen molar-refractivity contribution in [1.29, 1.82) is 0 Å². The van der Waals surface area contributed by atoms with Crippen LogP contribution in [-0.2, 0) is 13.1 Å². The van der Waals surface area contributed by atoms with E-state index in [-0.39, 0.29) is 0 Å². The van der Waals surface area contributed by atoms with E-state index in [0.29, 0.717) is 5.02 Å². The van der Waals surface area contributed by atoms with Gasteiger partial charge in [-0.25, -0.2) is 0 Å². The Labute approximate surface area is 99.5 Å². The van der Waals surface area contributed by atoms with Gasteiger partial charge in [0.05, 0.1) is 5.02 Å². The van der Waals surface area contributed by atoms with E-state index in [4.69, 9.17) is 11.6 Å². The van der Waals surface area contributed by atoms with Gasteiger partial charge in [0.2, 0.25) is 0 Å². The number of aromatic nitrogens is 2. The zero-order chi connectivity index (χ0) is 11.2. The molecule has 0 aliphatic heterocycles. The summed E-state index contributed by atoms with van der Waals surface area (Å²) >= 11 is 5.99. The predicted octanol–water partition coefficient (Wildman–Crippen LogP) is 2.42. The molecule has 2 aromatic heterocycles. The number of rotatable bonds is 4. The summed E-state index contributed by atoms with van der Waals surface area (Å²) in [6, 6.07) is 5.88. The van der Waals surface area contributed by atoms with E-state index in [1.807, 2.05) is 24.4 Å². The highest BCUT2D eigenvalue weighted by molar-refractivity contribution is 6.31. The molecule has 0 fully saturated rings. The van der Waals surface area contributed by atoms with Crippen molar-refractivity contribution < 1.29 is 0 Å². The SMILES string of the molecule is Clc1cnccc1CNCc1cccnc1. The minimum absolute atomic E-state index is 0.696. The number of nitrogens with one attached hydrogen (secondary N) is 1. The van der Waals surface area contributed by atoms with Crippen molar-refractivity contribution in [1.82, 2.24) is 15.3 Å². The summed E-state index contributed by atoms with van der Waals surface area (Å²) < 4.78 is 0. The molecule has 2 aromatic rings. The first kappa shape index (κ1) is 11.0.